The fourth-order valence-corrected chi connectivity index (χ4v) is 3.90. The summed E-state index contributed by atoms with van der Waals surface area (Å²) in [7, 11) is 2.16. The monoisotopic (exact) mass is 397 g/mol. The van der Waals surface area contributed by atoms with Gasteiger partial charge in [-0.05, 0) is 68.9 Å². The van der Waals surface area contributed by atoms with Gasteiger partial charge in [-0.3, -0.25) is 4.79 Å². The molecule has 2 aromatic carbocycles. The average Bonchev–Trinajstić information content (AvgIpc) is 3.00. The van der Waals surface area contributed by atoms with Crippen LogP contribution < -0.4 is 15.4 Å². The smallest absolute Gasteiger partial charge is 0.257 e. The van der Waals surface area contributed by atoms with Crippen LogP contribution in [0.4, 0.5) is 11.4 Å². The van der Waals surface area contributed by atoms with Crippen LogP contribution in [0.25, 0.3) is 5.57 Å². The lowest BCUT2D eigenvalue weighted by Gasteiger charge is -2.29. The van der Waals surface area contributed by atoms with Gasteiger partial charge in [0, 0.05) is 40.6 Å². The molecule has 0 radical (unpaired) electrons. The maximum atomic E-state index is 12.2. The van der Waals surface area contributed by atoms with E-state index >= 15 is 0 Å². The Morgan fingerprint density at radius 1 is 1.29 bits per heavy atom. The van der Waals surface area contributed by atoms with E-state index in [1.54, 1.807) is 18.3 Å². The maximum Gasteiger partial charge on any atom is 0.257 e. The van der Waals surface area contributed by atoms with Crippen LogP contribution >= 0.6 is 11.6 Å². The molecule has 1 amide bonds. The van der Waals surface area contributed by atoms with Crippen LogP contribution in [0, 0.1) is 5.92 Å². The summed E-state index contributed by atoms with van der Waals surface area (Å²) in [4.78, 5) is 14.6. The molecule has 1 fully saturated rings. The van der Waals surface area contributed by atoms with Crippen molar-refractivity contribution in [3.05, 3.63) is 59.3 Å². The minimum absolute atomic E-state index is 0.137. The Labute approximate surface area is 170 Å². The van der Waals surface area contributed by atoms with Crippen LogP contribution in [-0.2, 0) is 4.79 Å². The molecule has 2 N–H and O–H groups in total. The number of nitrogens with zero attached hydrogens (tertiary/aromatic N) is 1. The predicted octanol–water partition coefficient (Wildman–Crippen LogP) is 4.47. The predicted molar refractivity (Wildman–Crippen MR) is 114 cm³/mol. The third-order valence-corrected chi connectivity index (χ3v) is 5.44. The van der Waals surface area contributed by atoms with Crippen LogP contribution in [0.5, 0.6) is 5.75 Å². The number of anilines is 2. The highest BCUT2D eigenvalue weighted by atomic mass is 35.5. The van der Waals surface area contributed by atoms with Crippen molar-refractivity contribution in [2.75, 3.05) is 37.4 Å². The first-order valence-electron chi connectivity index (χ1n) is 9.58. The van der Waals surface area contributed by atoms with Gasteiger partial charge in [0.25, 0.3) is 5.91 Å². The van der Waals surface area contributed by atoms with Crippen molar-refractivity contribution in [1.82, 2.24) is 4.90 Å². The number of fused-ring (bicyclic) bond motifs is 1. The number of ether oxygens (including phenoxy) is 1. The highest BCUT2D eigenvalue weighted by Crippen LogP contribution is 2.33. The molecule has 5 nitrogen and oxygen atoms in total. The number of piperidine rings is 1. The Hall–Kier alpha value is -2.50. The van der Waals surface area contributed by atoms with Crippen molar-refractivity contribution < 1.29 is 9.53 Å². The van der Waals surface area contributed by atoms with Crippen molar-refractivity contribution in [3.8, 4) is 5.75 Å². The molecule has 1 atom stereocenters. The van der Waals surface area contributed by atoms with Crippen molar-refractivity contribution in [3.63, 3.8) is 0 Å². The summed E-state index contributed by atoms with van der Waals surface area (Å²) in [5.41, 5.74) is 3.04. The van der Waals surface area contributed by atoms with E-state index < -0.39 is 0 Å². The van der Waals surface area contributed by atoms with E-state index in [2.05, 4.69) is 22.6 Å². The summed E-state index contributed by atoms with van der Waals surface area (Å²) in [5.74, 6) is 1.32. The summed E-state index contributed by atoms with van der Waals surface area (Å²) >= 11 is 6.06. The van der Waals surface area contributed by atoms with Gasteiger partial charge in [0.1, 0.15) is 5.75 Å². The van der Waals surface area contributed by atoms with E-state index in [-0.39, 0.29) is 5.91 Å². The highest BCUT2D eigenvalue weighted by Gasteiger charge is 2.24. The zero-order chi connectivity index (χ0) is 19.5. The second-order valence-electron chi connectivity index (χ2n) is 7.45. The first-order valence-corrected chi connectivity index (χ1v) is 9.96. The maximum absolute atomic E-state index is 12.2. The molecule has 146 valence electrons. The van der Waals surface area contributed by atoms with Crippen molar-refractivity contribution in [1.29, 1.82) is 0 Å². The standard InChI is InChI=1S/C22H24ClN3O2/c1-26-10-2-3-15(13-26)14-28-18-7-5-17(6-8-18)24-12-20-19-11-16(23)4-9-21(19)25-22(20)27/h4-9,11-12,15,24H,2-3,10,13-14H2,1H3,(H,25,27). The fourth-order valence-electron chi connectivity index (χ4n) is 3.73. The van der Waals surface area contributed by atoms with Crippen LogP contribution in [0.1, 0.15) is 18.4 Å². The van der Waals surface area contributed by atoms with Gasteiger partial charge in [0.05, 0.1) is 12.2 Å². The lowest BCUT2D eigenvalue weighted by Crippen LogP contribution is -2.34. The minimum Gasteiger partial charge on any atom is -0.493 e. The number of carbonyl (C=O) groups is 1. The zero-order valence-corrected chi connectivity index (χ0v) is 16.6. The first-order chi connectivity index (χ1) is 13.6. The summed E-state index contributed by atoms with van der Waals surface area (Å²) in [6.45, 7) is 3.03. The van der Waals surface area contributed by atoms with Crippen molar-refractivity contribution in [2.24, 2.45) is 5.92 Å². The second kappa shape index (κ2) is 8.25. The van der Waals surface area contributed by atoms with Crippen molar-refractivity contribution >= 4 is 34.5 Å². The molecule has 1 saturated heterocycles. The zero-order valence-electron chi connectivity index (χ0n) is 15.9. The Bertz CT molecular complexity index is 895. The molecular weight excluding hydrogens is 374 g/mol. The largest absolute Gasteiger partial charge is 0.493 e. The number of nitrogens with one attached hydrogen (secondary N) is 2. The van der Waals surface area contributed by atoms with Gasteiger partial charge in [0.15, 0.2) is 0 Å². The Balaban J connectivity index is 1.37. The summed E-state index contributed by atoms with van der Waals surface area (Å²) in [5, 5.41) is 6.63. The van der Waals surface area contributed by atoms with Gasteiger partial charge < -0.3 is 20.3 Å². The highest BCUT2D eigenvalue weighted by molar-refractivity contribution is 6.34. The molecule has 1 unspecified atom stereocenters. The molecule has 0 bridgehead atoms. The summed E-state index contributed by atoms with van der Waals surface area (Å²) in [6, 6.07) is 13.2. The number of carbonyl (C=O) groups excluding carboxylic acids is 1. The molecule has 2 aliphatic rings. The van der Waals surface area contributed by atoms with Crippen LogP contribution in [0.3, 0.4) is 0 Å². The molecule has 28 heavy (non-hydrogen) atoms. The number of halogens is 1. The number of hydrogen-bond acceptors (Lipinski definition) is 4. The molecule has 6 heteroatoms. The first kappa shape index (κ1) is 18.8. The van der Waals surface area contributed by atoms with Gasteiger partial charge in [-0.2, -0.15) is 0 Å². The van der Waals surface area contributed by atoms with E-state index in [1.165, 1.54) is 19.4 Å². The Kier molecular flexibility index (Phi) is 5.55. The van der Waals surface area contributed by atoms with Gasteiger partial charge in [-0.15, -0.1) is 0 Å². The number of rotatable bonds is 5. The quantitative estimate of drug-likeness (QED) is 0.731. The van der Waals surface area contributed by atoms with Crippen molar-refractivity contribution in [2.45, 2.75) is 12.8 Å². The SMILES string of the molecule is CN1CCCC(COc2ccc(NC=C3C(=O)Nc4ccc(Cl)cc43)cc2)C1. The number of hydrogen-bond donors (Lipinski definition) is 2. The normalized spacial score (nSPS) is 20.7. The van der Waals surface area contributed by atoms with Gasteiger partial charge in [-0.25, -0.2) is 0 Å². The number of likely N-dealkylation sites (tertiary alicyclic amines) is 1. The number of amides is 1. The Morgan fingerprint density at radius 3 is 2.89 bits per heavy atom. The van der Waals surface area contributed by atoms with E-state index in [0.29, 0.717) is 16.5 Å². The van der Waals surface area contributed by atoms with Crippen LogP contribution in [0.15, 0.2) is 48.7 Å². The summed E-state index contributed by atoms with van der Waals surface area (Å²) < 4.78 is 5.95. The molecule has 0 spiro atoms. The topological polar surface area (TPSA) is 53.6 Å². The summed E-state index contributed by atoms with van der Waals surface area (Å²) in [6.07, 6.45) is 4.18. The lowest BCUT2D eigenvalue weighted by molar-refractivity contribution is -0.110. The molecule has 4 rings (SSSR count). The third-order valence-electron chi connectivity index (χ3n) is 5.21. The molecule has 2 heterocycles. The molecule has 0 aliphatic carbocycles. The lowest BCUT2D eigenvalue weighted by atomic mass is 10.00. The van der Waals surface area contributed by atoms with Gasteiger partial charge >= 0.3 is 0 Å². The van der Waals surface area contributed by atoms with E-state index in [1.807, 2.05) is 30.3 Å². The van der Waals surface area contributed by atoms with Crippen LogP contribution in [0.2, 0.25) is 5.02 Å². The Morgan fingerprint density at radius 2 is 2.11 bits per heavy atom. The molecule has 0 aromatic heterocycles. The van der Waals surface area contributed by atoms with E-state index in [9.17, 15) is 4.79 Å². The average molecular weight is 398 g/mol. The van der Waals surface area contributed by atoms with Gasteiger partial charge in [0.2, 0.25) is 0 Å². The minimum atomic E-state index is -0.137. The molecule has 0 saturated carbocycles. The molecule has 2 aromatic rings. The van der Waals surface area contributed by atoms with Gasteiger partial charge in [-0.1, -0.05) is 11.6 Å². The van der Waals surface area contributed by atoms with E-state index in [0.717, 1.165) is 35.8 Å². The second-order valence-corrected chi connectivity index (χ2v) is 7.89. The number of benzene rings is 2. The fraction of sp³-hybridized carbons (Fsp3) is 0.318. The van der Waals surface area contributed by atoms with Crippen LogP contribution in [-0.4, -0.2) is 37.6 Å². The molecule has 2 aliphatic heterocycles. The third kappa shape index (κ3) is 4.32. The molecular formula is C22H24ClN3O2. The van der Waals surface area contributed by atoms with E-state index in [4.69, 9.17) is 16.3 Å².